The maximum absolute atomic E-state index is 11.9. The third-order valence-corrected chi connectivity index (χ3v) is 6.89. The minimum atomic E-state index is -3.50. The molecule has 0 spiro atoms. The summed E-state index contributed by atoms with van der Waals surface area (Å²) in [7, 11) is 0.0364. The van der Waals surface area contributed by atoms with Crippen LogP contribution in [0.4, 0.5) is 11.4 Å². The Morgan fingerprint density at radius 2 is 1.94 bits per heavy atom. The number of benzene rings is 1. The third-order valence-electron chi connectivity index (χ3n) is 5.99. The number of sulfonamides is 1. The highest BCUT2D eigenvalue weighted by Gasteiger charge is 2.42. The van der Waals surface area contributed by atoms with Crippen molar-refractivity contribution in [2.75, 3.05) is 23.0 Å². The average molecular weight is 486 g/mol. The van der Waals surface area contributed by atoms with Crippen molar-refractivity contribution in [1.29, 1.82) is 0 Å². The Kier molecular flexibility index (Phi) is 6.06. The number of aryl methyl sites for hydroxylation is 1. The predicted molar refractivity (Wildman–Crippen MR) is 134 cm³/mol. The summed E-state index contributed by atoms with van der Waals surface area (Å²) in [6.45, 7) is 4.15. The molecule has 2 aromatic heterocycles. The Labute approximate surface area is 199 Å². The van der Waals surface area contributed by atoms with Crippen molar-refractivity contribution in [3.63, 3.8) is 0 Å². The van der Waals surface area contributed by atoms with Gasteiger partial charge in [-0.05, 0) is 68.0 Å². The molecule has 2 N–H and O–H groups in total. The zero-order valence-corrected chi connectivity index (χ0v) is 20.8. The minimum absolute atomic E-state index is 0.187. The number of nitrogens with one attached hydrogen (secondary N) is 2. The predicted octanol–water partition coefficient (Wildman–Crippen LogP) is 3.59. The molecule has 0 saturated carbocycles. The molecular formula is C23H27N5O3S2. The molecule has 1 aromatic carbocycles. The fourth-order valence-corrected chi connectivity index (χ4v) is 5.16. The first-order chi connectivity index (χ1) is 15.6. The van der Waals surface area contributed by atoms with Crippen molar-refractivity contribution in [1.82, 2.24) is 14.9 Å². The molecule has 0 unspecified atom stereocenters. The molecule has 1 aliphatic heterocycles. The summed E-state index contributed by atoms with van der Waals surface area (Å²) in [5.74, 6) is 0.423. The Balaban J connectivity index is 1.88. The van der Waals surface area contributed by atoms with Gasteiger partial charge in [-0.1, -0.05) is 6.07 Å². The van der Waals surface area contributed by atoms with E-state index in [4.69, 9.17) is 17.0 Å². The van der Waals surface area contributed by atoms with Crippen molar-refractivity contribution in [3.8, 4) is 5.75 Å². The molecule has 33 heavy (non-hydrogen) atoms. The van der Waals surface area contributed by atoms with Gasteiger partial charge in [-0.2, -0.15) is 0 Å². The average Bonchev–Trinajstić information content (AvgIpc) is 3.24. The fourth-order valence-electron chi connectivity index (χ4n) is 4.26. The Morgan fingerprint density at radius 3 is 2.52 bits per heavy atom. The number of pyridine rings is 1. The number of hydrogen-bond donors (Lipinski definition) is 2. The normalized spacial score (nSPS) is 18.3. The van der Waals surface area contributed by atoms with E-state index in [9.17, 15) is 8.42 Å². The third kappa shape index (κ3) is 4.40. The molecule has 0 amide bonds. The Hall–Kier alpha value is -3.11. The van der Waals surface area contributed by atoms with Crippen LogP contribution in [0.3, 0.4) is 0 Å². The maximum Gasteiger partial charge on any atom is 0.229 e. The highest BCUT2D eigenvalue weighted by molar-refractivity contribution is 7.92. The highest BCUT2D eigenvalue weighted by atomic mass is 32.2. The van der Waals surface area contributed by atoms with Crippen molar-refractivity contribution in [2.24, 2.45) is 7.05 Å². The van der Waals surface area contributed by atoms with Crippen LogP contribution >= 0.6 is 12.2 Å². The first-order valence-corrected chi connectivity index (χ1v) is 12.7. The van der Waals surface area contributed by atoms with Gasteiger partial charge in [-0.3, -0.25) is 9.71 Å². The van der Waals surface area contributed by atoms with Gasteiger partial charge < -0.3 is 19.5 Å². The largest absolute Gasteiger partial charge is 0.495 e. The van der Waals surface area contributed by atoms with Crippen LogP contribution < -0.4 is 19.7 Å². The van der Waals surface area contributed by atoms with Crippen LogP contribution in [-0.2, 0) is 17.1 Å². The lowest BCUT2D eigenvalue weighted by Crippen LogP contribution is -2.29. The molecule has 3 heterocycles. The number of anilines is 2. The van der Waals surface area contributed by atoms with Crippen LogP contribution in [0.2, 0.25) is 0 Å². The van der Waals surface area contributed by atoms with Crippen LogP contribution in [-0.4, -0.2) is 36.4 Å². The smallest absolute Gasteiger partial charge is 0.229 e. The molecule has 2 atom stereocenters. The maximum atomic E-state index is 11.9. The zero-order valence-electron chi connectivity index (χ0n) is 19.2. The van der Waals surface area contributed by atoms with Crippen molar-refractivity contribution < 1.29 is 13.2 Å². The van der Waals surface area contributed by atoms with E-state index in [2.05, 4.69) is 39.5 Å². The SMILES string of the molecule is COc1ccc(N2C(=S)N[C@H](c3ccccn3)[C@H]2c2cc(C)n(C)c2C)cc1NS(C)(=O)=O. The van der Waals surface area contributed by atoms with Crippen LogP contribution in [0.1, 0.15) is 34.7 Å². The molecule has 0 bridgehead atoms. The summed E-state index contributed by atoms with van der Waals surface area (Å²) < 4.78 is 33.9. The first-order valence-electron chi connectivity index (χ1n) is 10.4. The van der Waals surface area contributed by atoms with Crippen molar-refractivity contribution in [2.45, 2.75) is 25.9 Å². The lowest BCUT2D eigenvalue weighted by molar-refractivity contribution is 0.417. The number of rotatable bonds is 6. The molecular weight excluding hydrogens is 458 g/mol. The van der Waals surface area contributed by atoms with Crippen molar-refractivity contribution in [3.05, 3.63) is 71.3 Å². The van der Waals surface area contributed by atoms with Crippen LogP contribution in [0.25, 0.3) is 0 Å². The Morgan fingerprint density at radius 1 is 1.18 bits per heavy atom. The zero-order chi connectivity index (χ0) is 23.9. The van der Waals surface area contributed by atoms with E-state index in [1.807, 2.05) is 36.2 Å². The molecule has 3 aromatic rings. The monoisotopic (exact) mass is 485 g/mol. The molecule has 1 fully saturated rings. The van der Waals surface area contributed by atoms with E-state index in [-0.39, 0.29) is 12.1 Å². The summed E-state index contributed by atoms with van der Waals surface area (Å²) in [5, 5.41) is 3.97. The van der Waals surface area contributed by atoms with E-state index in [1.165, 1.54) is 7.11 Å². The van der Waals surface area contributed by atoms with Gasteiger partial charge in [0, 0.05) is 30.3 Å². The van der Waals surface area contributed by atoms with Gasteiger partial charge in [0.25, 0.3) is 0 Å². The second kappa shape index (κ2) is 8.68. The van der Waals surface area contributed by atoms with Gasteiger partial charge in [-0.15, -0.1) is 0 Å². The van der Waals surface area contributed by atoms with Gasteiger partial charge in [0.1, 0.15) is 5.75 Å². The number of methoxy groups -OCH3 is 1. The van der Waals surface area contributed by atoms with Gasteiger partial charge in [0.15, 0.2) is 5.11 Å². The van der Waals surface area contributed by atoms with E-state index in [0.29, 0.717) is 16.5 Å². The number of hydrogen-bond acceptors (Lipinski definition) is 5. The summed E-state index contributed by atoms with van der Waals surface area (Å²) in [6.07, 6.45) is 2.88. The lowest BCUT2D eigenvalue weighted by Gasteiger charge is -2.28. The van der Waals surface area contributed by atoms with Gasteiger partial charge >= 0.3 is 0 Å². The summed E-state index contributed by atoms with van der Waals surface area (Å²) in [6, 6.07) is 13.0. The molecule has 0 radical (unpaired) electrons. The topological polar surface area (TPSA) is 88.5 Å². The molecule has 0 aliphatic carbocycles. The molecule has 1 saturated heterocycles. The van der Waals surface area contributed by atoms with E-state index < -0.39 is 10.0 Å². The molecule has 8 nitrogen and oxygen atoms in total. The number of ether oxygens (including phenoxy) is 1. The van der Waals surface area contributed by atoms with Crippen LogP contribution in [0.15, 0.2) is 48.7 Å². The molecule has 174 valence electrons. The number of aromatic nitrogens is 2. The van der Waals surface area contributed by atoms with E-state index >= 15 is 0 Å². The summed E-state index contributed by atoms with van der Waals surface area (Å²) in [5.41, 5.74) is 5.33. The van der Waals surface area contributed by atoms with E-state index in [0.717, 1.165) is 34.6 Å². The van der Waals surface area contributed by atoms with Gasteiger partial charge in [0.05, 0.1) is 36.8 Å². The van der Waals surface area contributed by atoms with Gasteiger partial charge in [0.2, 0.25) is 10.0 Å². The fraction of sp³-hybridized carbons (Fsp3) is 0.304. The standard InChI is InChI=1S/C23H27N5O3S2/c1-14-12-17(15(2)27(14)3)22-21(18-8-6-7-11-24-18)25-23(32)28(22)16-9-10-20(31-4)19(13-16)26-33(5,29)30/h6-13,21-22,26H,1-5H3,(H,25,32)/t21-,22-/m1/s1. The molecule has 1 aliphatic rings. The van der Waals surface area contributed by atoms with Crippen molar-refractivity contribution >= 4 is 38.7 Å². The quantitative estimate of drug-likeness (QED) is 0.516. The lowest BCUT2D eigenvalue weighted by atomic mass is 9.96. The summed E-state index contributed by atoms with van der Waals surface area (Å²) in [4.78, 5) is 6.60. The van der Waals surface area contributed by atoms with Gasteiger partial charge in [-0.25, -0.2) is 8.42 Å². The number of thiocarbonyl (C=S) groups is 1. The number of nitrogens with zero attached hydrogens (tertiary/aromatic N) is 3. The second-order valence-corrected chi connectivity index (χ2v) is 10.3. The second-order valence-electron chi connectivity index (χ2n) is 8.14. The van der Waals surface area contributed by atoms with Crippen LogP contribution in [0.5, 0.6) is 5.75 Å². The highest BCUT2D eigenvalue weighted by Crippen LogP contribution is 2.44. The van der Waals surface area contributed by atoms with Crippen LogP contribution in [0, 0.1) is 13.8 Å². The molecule has 4 rings (SSSR count). The Bertz CT molecular complexity index is 1310. The molecule has 10 heteroatoms. The minimum Gasteiger partial charge on any atom is -0.495 e. The first kappa shape index (κ1) is 23.1. The van der Waals surface area contributed by atoms with E-state index in [1.54, 1.807) is 18.3 Å². The summed E-state index contributed by atoms with van der Waals surface area (Å²) >= 11 is 5.78.